The van der Waals surface area contributed by atoms with Gasteiger partial charge in [0, 0.05) is 6.20 Å². The summed E-state index contributed by atoms with van der Waals surface area (Å²) in [6, 6.07) is 8.35. The van der Waals surface area contributed by atoms with Crippen LogP contribution in [0.3, 0.4) is 0 Å². The molecule has 0 aliphatic heterocycles. The van der Waals surface area contributed by atoms with Gasteiger partial charge in [-0.1, -0.05) is 19.1 Å². The van der Waals surface area contributed by atoms with E-state index in [-0.39, 0.29) is 0 Å². The molecule has 0 radical (unpaired) electrons. The van der Waals surface area contributed by atoms with Gasteiger partial charge in [0.05, 0.1) is 24.0 Å². The summed E-state index contributed by atoms with van der Waals surface area (Å²) < 4.78 is 1.82. The van der Waals surface area contributed by atoms with Crippen LogP contribution in [0.1, 0.15) is 19.4 Å². The lowest BCUT2D eigenvalue weighted by molar-refractivity contribution is 0.553. The van der Waals surface area contributed by atoms with Crippen molar-refractivity contribution in [2.75, 3.05) is 0 Å². The van der Waals surface area contributed by atoms with E-state index in [1.54, 1.807) is 11.0 Å². The molecule has 0 atom stereocenters. The van der Waals surface area contributed by atoms with Gasteiger partial charge < -0.3 is 0 Å². The molecular weight excluding hydrogens is 252 g/mol. The van der Waals surface area contributed by atoms with Crippen LogP contribution in [0.4, 0.5) is 0 Å². The van der Waals surface area contributed by atoms with Gasteiger partial charge in [0.2, 0.25) is 5.82 Å². The highest BCUT2D eigenvalue weighted by Crippen LogP contribution is 2.16. The average molecular weight is 268 g/mol. The van der Waals surface area contributed by atoms with Crippen LogP contribution in [0.15, 0.2) is 36.7 Å². The van der Waals surface area contributed by atoms with Crippen LogP contribution in [0, 0.1) is 0 Å². The highest BCUT2D eigenvalue weighted by molar-refractivity contribution is 5.52. The molecule has 0 amide bonds. The first-order chi connectivity index (χ1) is 9.80. The summed E-state index contributed by atoms with van der Waals surface area (Å²) in [5.74, 6) is 0.600. The predicted octanol–water partition coefficient (Wildman–Crippen LogP) is 2.11. The van der Waals surface area contributed by atoms with Gasteiger partial charge in [0.1, 0.15) is 0 Å². The summed E-state index contributed by atoms with van der Waals surface area (Å²) in [6.45, 7) is 4.83. The van der Waals surface area contributed by atoms with Crippen LogP contribution in [-0.2, 0) is 13.0 Å². The molecule has 0 spiro atoms. The summed E-state index contributed by atoms with van der Waals surface area (Å²) in [5, 5.41) is 16.6. The summed E-state index contributed by atoms with van der Waals surface area (Å²) in [6.07, 6.45) is 4.71. The van der Waals surface area contributed by atoms with Gasteiger partial charge in [0.15, 0.2) is 0 Å². The van der Waals surface area contributed by atoms with Crippen molar-refractivity contribution in [1.82, 2.24) is 30.0 Å². The molecule has 102 valence electrons. The molecule has 1 aromatic carbocycles. The minimum atomic E-state index is 0.600. The second-order valence-electron chi connectivity index (χ2n) is 4.50. The van der Waals surface area contributed by atoms with Gasteiger partial charge in [-0.05, 0) is 36.3 Å². The first-order valence-corrected chi connectivity index (χ1v) is 6.72. The number of nitrogens with zero attached hydrogens (tertiary/aromatic N) is 6. The number of aromatic nitrogens is 6. The Balaban J connectivity index is 1.88. The Morgan fingerprint density at radius 2 is 1.90 bits per heavy atom. The molecule has 0 saturated carbocycles. The maximum absolute atomic E-state index is 4.35. The van der Waals surface area contributed by atoms with Gasteiger partial charge in [-0.25, -0.2) is 4.68 Å². The predicted molar refractivity (Wildman–Crippen MR) is 75.4 cm³/mol. The number of tetrazole rings is 1. The molecule has 3 rings (SSSR count). The quantitative estimate of drug-likeness (QED) is 0.727. The fourth-order valence-electron chi connectivity index (χ4n) is 1.96. The molecule has 20 heavy (non-hydrogen) atoms. The Kier molecular flexibility index (Phi) is 3.28. The number of hydrogen-bond acceptors (Lipinski definition) is 4. The van der Waals surface area contributed by atoms with E-state index in [1.807, 2.05) is 17.8 Å². The topological polar surface area (TPSA) is 61.4 Å². The molecule has 6 heteroatoms. The zero-order valence-corrected chi connectivity index (χ0v) is 11.6. The van der Waals surface area contributed by atoms with Gasteiger partial charge in [-0.3, -0.25) is 0 Å². The maximum Gasteiger partial charge on any atom is 0.208 e. The first kappa shape index (κ1) is 12.5. The van der Waals surface area contributed by atoms with E-state index < -0.39 is 0 Å². The minimum Gasteiger partial charge on any atom is -0.240 e. The summed E-state index contributed by atoms with van der Waals surface area (Å²) in [5.41, 5.74) is 3.20. The SMILES string of the molecule is CCc1ccc(-n2cc(-c3nnn(CC)n3)cn2)cc1. The lowest BCUT2D eigenvalue weighted by Gasteiger charge is -2.02. The minimum absolute atomic E-state index is 0.600. The molecule has 0 fully saturated rings. The van der Waals surface area contributed by atoms with Crippen molar-refractivity contribution in [1.29, 1.82) is 0 Å². The lowest BCUT2D eigenvalue weighted by atomic mass is 10.1. The summed E-state index contributed by atoms with van der Waals surface area (Å²) in [7, 11) is 0. The number of rotatable bonds is 4. The van der Waals surface area contributed by atoms with Crippen molar-refractivity contribution in [3.63, 3.8) is 0 Å². The van der Waals surface area contributed by atoms with E-state index in [0.29, 0.717) is 12.4 Å². The van der Waals surface area contributed by atoms with E-state index in [0.717, 1.165) is 17.7 Å². The first-order valence-electron chi connectivity index (χ1n) is 6.72. The second-order valence-corrected chi connectivity index (χ2v) is 4.50. The molecule has 2 heterocycles. The van der Waals surface area contributed by atoms with Gasteiger partial charge in [-0.15, -0.1) is 10.2 Å². The van der Waals surface area contributed by atoms with Crippen molar-refractivity contribution in [3.05, 3.63) is 42.2 Å². The van der Waals surface area contributed by atoms with Gasteiger partial charge >= 0.3 is 0 Å². The van der Waals surface area contributed by atoms with Gasteiger partial charge in [-0.2, -0.15) is 9.90 Å². The lowest BCUT2D eigenvalue weighted by Crippen LogP contribution is -1.98. The van der Waals surface area contributed by atoms with E-state index in [9.17, 15) is 0 Å². The van der Waals surface area contributed by atoms with Crippen LogP contribution in [0.25, 0.3) is 17.1 Å². The van der Waals surface area contributed by atoms with E-state index in [1.165, 1.54) is 5.56 Å². The molecule has 0 aliphatic carbocycles. The standard InChI is InChI=1S/C14H16N6/c1-3-11-5-7-13(8-6-11)19-10-12(9-15-19)14-16-18-20(4-2)17-14/h5-10H,3-4H2,1-2H3. The van der Waals surface area contributed by atoms with Gasteiger partial charge in [0.25, 0.3) is 0 Å². The third kappa shape index (κ3) is 2.32. The van der Waals surface area contributed by atoms with Crippen LogP contribution in [0.5, 0.6) is 0 Å². The zero-order chi connectivity index (χ0) is 13.9. The van der Waals surface area contributed by atoms with Crippen molar-refractivity contribution < 1.29 is 0 Å². The number of benzene rings is 1. The molecule has 0 bridgehead atoms. The maximum atomic E-state index is 4.35. The number of aryl methyl sites for hydroxylation is 2. The Hall–Kier alpha value is -2.50. The van der Waals surface area contributed by atoms with Crippen molar-refractivity contribution in [2.45, 2.75) is 26.8 Å². The number of hydrogen-bond donors (Lipinski definition) is 0. The normalized spacial score (nSPS) is 10.9. The third-order valence-electron chi connectivity index (χ3n) is 3.19. The average Bonchev–Trinajstić information content (AvgIpc) is 3.16. The summed E-state index contributed by atoms with van der Waals surface area (Å²) >= 11 is 0. The van der Waals surface area contributed by atoms with Crippen LogP contribution < -0.4 is 0 Å². The van der Waals surface area contributed by atoms with Crippen LogP contribution in [-0.4, -0.2) is 30.0 Å². The monoisotopic (exact) mass is 268 g/mol. The Morgan fingerprint density at radius 1 is 1.10 bits per heavy atom. The smallest absolute Gasteiger partial charge is 0.208 e. The summed E-state index contributed by atoms with van der Waals surface area (Å²) in [4.78, 5) is 1.56. The fourth-order valence-corrected chi connectivity index (χ4v) is 1.96. The van der Waals surface area contributed by atoms with E-state index in [2.05, 4.69) is 51.7 Å². The molecule has 0 unspecified atom stereocenters. The largest absolute Gasteiger partial charge is 0.240 e. The van der Waals surface area contributed by atoms with Crippen molar-refractivity contribution >= 4 is 0 Å². The Morgan fingerprint density at radius 3 is 2.55 bits per heavy atom. The zero-order valence-electron chi connectivity index (χ0n) is 11.6. The van der Waals surface area contributed by atoms with E-state index >= 15 is 0 Å². The highest BCUT2D eigenvalue weighted by Gasteiger charge is 2.08. The Labute approximate surface area is 117 Å². The molecule has 0 aliphatic rings. The molecule has 0 N–H and O–H groups in total. The Bertz CT molecular complexity index is 695. The molecular formula is C14H16N6. The van der Waals surface area contributed by atoms with Crippen LogP contribution in [0.2, 0.25) is 0 Å². The van der Waals surface area contributed by atoms with E-state index in [4.69, 9.17) is 0 Å². The third-order valence-corrected chi connectivity index (χ3v) is 3.19. The molecule has 3 aromatic rings. The fraction of sp³-hybridized carbons (Fsp3) is 0.286. The molecule has 6 nitrogen and oxygen atoms in total. The molecule has 0 saturated heterocycles. The highest BCUT2D eigenvalue weighted by atomic mass is 15.6. The van der Waals surface area contributed by atoms with Crippen LogP contribution >= 0.6 is 0 Å². The van der Waals surface area contributed by atoms with Crippen molar-refractivity contribution in [3.8, 4) is 17.1 Å². The van der Waals surface area contributed by atoms with Crippen molar-refractivity contribution in [2.24, 2.45) is 0 Å². The second kappa shape index (κ2) is 5.24. The molecule has 2 aromatic heterocycles.